The van der Waals surface area contributed by atoms with Gasteiger partial charge in [0, 0.05) is 27.2 Å². The maximum absolute atomic E-state index is 13.8. The molecule has 0 radical (unpaired) electrons. The summed E-state index contributed by atoms with van der Waals surface area (Å²) in [6.07, 6.45) is -8.34. The lowest BCUT2D eigenvalue weighted by Crippen LogP contribution is -2.85. The highest BCUT2D eigenvalue weighted by molar-refractivity contribution is 5.89. The molecule has 1 spiro atoms. The second-order valence-electron chi connectivity index (χ2n) is 13.1. The fourth-order valence-electron chi connectivity index (χ4n) is 7.60. The number of esters is 5. The van der Waals surface area contributed by atoms with Gasteiger partial charge >= 0.3 is 29.8 Å². The smallest absolute Gasteiger partial charge is 0.338 e. The van der Waals surface area contributed by atoms with Crippen LogP contribution in [0.1, 0.15) is 72.2 Å². The van der Waals surface area contributed by atoms with Gasteiger partial charge in [-0.1, -0.05) is 32.0 Å². The zero-order valence-corrected chi connectivity index (χ0v) is 26.7. The van der Waals surface area contributed by atoms with E-state index in [1.165, 1.54) is 19.1 Å². The van der Waals surface area contributed by atoms with Crippen molar-refractivity contribution in [1.82, 2.24) is 0 Å². The second-order valence-corrected chi connectivity index (χ2v) is 13.1. The molecule has 1 aliphatic heterocycles. The Balaban J connectivity index is 2.12. The van der Waals surface area contributed by atoms with Crippen molar-refractivity contribution in [2.45, 2.75) is 109 Å². The molecule has 1 aromatic rings. The van der Waals surface area contributed by atoms with E-state index in [1.807, 2.05) is 0 Å². The highest BCUT2D eigenvalue weighted by Crippen LogP contribution is 2.69. The van der Waals surface area contributed by atoms with Gasteiger partial charge in [-0.2, -0.15) is 0 Å². The molecule has 13 heteroatoms. The molecular weight excluding hydrogens is 592 g/mol. The van der Waals surface area contributed by atoms with Crippen LogP contribution in [0.3, 0.4) is 0 Å². The van der Waals surface area contributed by atoms with Crippen molar-refractivity contribution in [2.24, 2.45) is 17.3 Å². The molecular formula is C32H42O13. The Morgan fingerprint density at radius 1 is 0.889 bits per heavy atom. The van der Waals surface area contributed by atoms with Gasteiger partial charge in [-0.15, -0.1) is 0 Å². The van der Waals surface area contributed by atoms with Gasteiger partial charge in [-0.05, 0) is 32.9 Å². The van der Waals surface area contributed by atoms with Gasteiger partial charge in [0.1, 0.15) is 29.8 Å². The lowest BCUT2D eigenvalue weighted by Gasteiger charge is -2.66. The Morgan fingerprint density at radius 2 is 1.49 bits per heavy atom. The van der Waals surface area contributed by atoms with Crippen LogP contribution in [0.4, 0.5) is 0 Å². The maximum atomic E-state index is 13.8. The number of hydrogen-bond acceptors (Lipinski definition) is 13. The summed E-state index contributed by atoms with van der Waals surface area (Å²) < 4.78 is 35.9. The van der Waals surface area contributed by atoms with Crippen LogP contribution in [-0.2, 0) is 47.6 Å². The third kappa shape index (κ3) is 5.59. The molecule has 0 aromatic heterocycles. The van der Waals surface area contributed by atoms with E-state index in [-0.39, 0.29) is 5.56 Å². The summed E-state index contributed by atoms with van der Waals surface area (Å²) >= 11 is 0. The van der Waals surface area contributed by atoms with Crippen molar-refractivity contribution >= 4 is 29.8 Å². The molecule has 2 bridgehead atoms. The largest absolute Gasteiger partial charge is 0.465 e. The number of hydrogen-bond donors (Lipinski definition) is 2. The number of aliphatic hydroxyl groups excluding tert-OH is 1. The fourth-order valence-corrected chi connectivity index (χ4v) is 7.60. The van der Waals surface area contributed by atoms with Crippen molar-refractivity contribution in [3.63, 3.8) is 0 Å². The first-order valence-electron chi connectivity index (χ1n) is 14.9. The van der Waals surface area contributed by atoms with Gasteiger partial charge in [0.2, 0.25) is 0 Å². The minimum absolute atomic E-state index is 0.102. The van der Waals surface area contributed by atoms with E-state index >= 15 is 0 Å². The molecule has 2 N–H and O–H groups in total. The van der Waals surface area contributed by atoms with Crippen LogP contribution < -0.4 is 0 Å². The average Bonchev–Trinajstić information content (AvgIpc) is 3.10. The van der Waals surface area contributed by atoms with Gasteiger partial charge in [-0.3, -0.25) is 19.2 Å². The topological polar surface area (TPSA) is 181 Å². The molecule has 2 aliphatic carbocycles. The van der Waals surface area contributed by atoms with Crippen molar-refractivity contribution in [1.29, 1.82) is 0 Å². The van der Waals surface area contributed by atoms with Gasteiger partial charge in [0.25, 0.3) is 0 Å². The average molecular weight is 635 g/mol. The number of carbonyl (C=O) groups is 5. The summed E-state index contributed by atoms with van der Waals surface area (Å²) in [5.41, 5.74) is -7.81. The molecule has 9 atom stereocenters. The van der Waals surface area contributed by atoms with Crippen LogP contribution in [0.5, 0.6) is 0 Å². The van der Waals surface area contributed by atoms with Gasteiger partial charge in [0.05, 0.1) is 34.7 Å². The van der Waals surface area contributed by atoms with E-state index in [0.29, 0.717) is 0 Å². The van der Waals surface area contributed by atoms with E-state index in [4.69, 9.17) is 28.4 Å². The summed E-state index contributed by atoms with van der Waals surface area (Å²) in [6.45, 7) is 10.3. The number of benzene rings is 1. The first-order chi connectivity index (χ1) is 20.8. The molecule has 45 heavy (non-hydrogen) atoms. The molecule has 0 unspecified atom stereocenters. The van der Waals surface area contributed by atoms with E-state index in [0.717, 1.165) is 20.8 Å². The fraction of sp³-hybridized carbons (Fsp3) is 0.656. The summed E-state index contributed by atoms with van der Waals surface area (Å²) in [4.78, 5) is 64.6. The SMILES string of the molecule is CC(=O)OC[C@]12[C@H](OC(=O)c3ccccc3)[C@@H](OC(=O)C(C)C)[C@H]3[C@@H](O)[C@]1(OC3(C)C)[C@@](C)(O)C[C@H](OC(C)=O)[C@@H]2OC(C)=O. The predicted molar refractivity (Wildman–Crippen MR) is 153 cm³/mol. The maximum Gasteiger partial charge on any atom is 0.338 e. The molecule has 3 aliphatic rings. The molecule has 2 saturated carbocycles. The van der Waals surface area contributed by atoms with Crippen molar-refractivity contribution < 1.29 is 62.6 Å². The van der Waals surface area contributed by atoms with Gasteiger partial charge in [0.15, 0.2) is 12.2 Å². The Morgan fingerprint density at radius 3 is 2.02 bits per heavy atom. The minimum Gasteiger partial charge on any atom is -0.465 e. The lowest BCUT2D eigenvalue weighted by atomic mass is 9.45. The zero-order chi connectivity index (χ0) is 33.7. The summed E-state index contributed by atoms with van der Waals surface area (Å²) in [7, 11) is 0. The zero-order valence-electron chi connectivity index (χ0n) is 26.7. The normalized spacial score (nSPS) is 36.3. The molecule has 0 amide bonds. The van der Waals surface area contributed by atoms with Crippen molar-refractivity contribution in [2.75, 3.05) is 6.61 Å². The van der Waals surface area contributed by atoms with Crippen LogP contribution in [-0.4, -0.2) is 94.0 Å². The monoisotopic (exact) mass is 634 g/mol. The molecule has 248 valence electrons. The summed E-state index contributed by atoms with van der Waals surface area (Å²) in [5, 5.41) is 24.6. The number of carbonyl (C=O) groups excluding carboxylic acids is 5. The van der Waals surface area contributed by atoms with Crippen molar-refractivity contribution in [3.05, 3.63) is 35.9 Å². The molecule has 3 fully saturated rings. The summed E-state index contributed by atoms with van der Waals surface area (Å²) in [5.74, 6) is -5.87. The third-order valence-electron chi connectivity index (χ3n) is 9.17. The Labute approximate surface area is 261 Å². The van der Waals surface area contributed by atoms with Crippen LogP contribution in [0.2, 0.25) is 0 Å². The first-order valence-corrected chi connectivity index (χ1v) is 14.9. The van der Waals surface area contributed by atoms with Gasteiger partial charge < -0.3 is 38.6 Å². The highest BCUT2D eigenvalue weighted by atomic mass is 16.6. The van der Waals surface area contributed by atoms with Gasteiger partial charge in [-0.25, -0.2) is 4.79 Å². The van der Waals surface area contributed by atoms with E-state index in [1.54, 1.807) is 45.9 Å². The van der Waals surface area contributed by atoms with Crippen LogP contribution in [0, 0.1) is 17.3 Å². The van der Waals surface area contributed by atoms with Crippen molar-refractivity contribution in [3.8, 4) is 0 Å². The van der Waals surface area contributed by atoms with E-state index in [2.05, 4.69) is 0 Å². The standard InChI is InChI=1S/C32H42O13/c1-16(2)27(37)43-23-22-24(36)32(45-29(22,6)7)30(8,39)14-21(41-18(4)34)25(42-19(5)35)31(32,15-40-17(3)33)26(23)44-28(38)20-12-10-9-11-13-20/h9-13,16,21-26,36,39H,14-15H2,1-8H3/t21-,22-,23-,24+,25-,26+,30-,31-,32-/m0/s1. The lowest BCUT2D eigenvalue weighted by molar-refractivity contribution is -0.363. The Hall–Kier alpha value is -3.55. The van der Waals surface area contributed by atoms with E-state index in [9.17, 15) is 34.2 Å². The molecule has 1 saturated heterocycles. The summed E-state index contributed by atoms with van der Waals surface area (Å²) in [6, 6.07) is 7.87. The van der Waals surface area contributed by atoms with Crippen LogP contribution in [0.25, 0.3) is 0 Å². The highest BCUT2D eigenvalue weighted by Gasteiger charge is 2.88. The number of aliphatic hydroxyl groups is 2. The Bertz CT molecular complexity index is 1340. The quantitative estimate of drug-likeness (QED) is 0.313. The predicted octanol–water partition coefficient (Wildman–Crippen LogP) is 1.89. The molecule has 1 heterocycles. The van der Waals surface area contributed by atoms with Crippen LogP contribution >= 0.6 is 0 Å². The number of fused-ring (bicyclic) bond motifs is 1. The number of rotatable bonds is 8. The van der Waals surface area contributed by atoms with E-state index < -0.39 is 107 Å². The molecule has 13 nitrogen and oxygen atoms in total. The third-order valence-corrected chi connectivity index (χ3v) is 9.17. The first kappa shape index (κ1) is 34.3. The molecule has 1 aromatic carbocycles. The minimum atomic E-state index is -2.22. The molecule has 4 rings (SSSR count). The second kappa shape index (κ2) is 12.0. The van der Waals surface area contributed by atoms with Crippen LogP contribution in [0.15, 0.2) is 30.3 Å². The Kier molecular flexibility index (Phi) is 9.15. The number of ether oxygens (including phenoxy) is 6.